The van der Waals surface area contributed by atoms with Crippen LogP contribution >= 0.6 is 22.9 Å². The summed E-state index contributed by atoms with van der Waals surface area (Å²) in [6, 6.07) is 16.1. The molecule has 2 nitrogen and oxygen atoms in total. The van der Waals surface area contributed by atoms with Crippen molar-refractivity contribution >= 4 is 22.9 Å². The van der Waals surface area contributed by atoms with Crippen LogP contribution in [0.4, 0.5) is 0 Å². The van der Waals surface area contributed by atoms with Crippen molar-refractivity contribution in [1.82, 2.24) is 0 Å². The van der Waals surface area contributed by atoms with Gasteiger partial charge in [-0.05, 0) is 66.6 Å². The third-order valence-electron chi connectivity index (χ3n) is 3.75. The van der Waals surface area contributed by atoms with Crippen LogP contribution in [-0.2, 0) is 0 Å². The largest absolute Gasteiger partial charge is 0.497 e. The van der Waals surface area contributed by atoms with E-state index in [9.17, 15) is 0 Å². The molecule has 23 heavy (non-hydrogen) atoms. The maximum atomic E-state index is 6.38. The molecule has 0 aliphatic carbocycles. The molecule has 0 radical (unpaired) electrons. The van der Waals surface area contributed by atoms with Gasteiger partial charge in [-0.1, -0.05) is 11.6 Å². The molecule has 0 aliphatic heterocycles. The van der Waals surface area contributed by atoms with Gasteiger partial charge in [-0.25, -0.2) is 0 Å². The lowest BCUT2D eigenvalue weighted by molar-refractivity contribution is 0.414. The number of thiophene rings is 1. The van der Waals surface area contributed by atoms with E-state index in [0.717, 1.165) is 21.9 Å². The number of methoxy groups -OCH3 is 2. The van der Waals surface area contributed by atoms with Crippen LogP contribution in [0.25, 0.3) is 20.9 Å². The Morgan fingerprint density at radius 3 is 1.91 bits per heavy atom. The highest BCUT2D eigenvalue weighted by Crippen LogP contribution is 2.40. The van der Waals surface area contributed by atoms with Crippen LogP contribution in [-0.4, -0.2) is 14.2 Å². The quantitative estimate of drug-likeness (QED) is 0.572. The first-order valence-electron chi connectivity index (χ1n) is 7.21. The molecule has 0 amide bonds. The summed E-state index contributed by atoms with van der Waals surface area (Å²) in [5, 5.41) is 0.698. The van der Waals surface area contributed by atoms with Gasteiger partial charge in [0, 0.05) is 15.3 Å². The van der Waals surface area contributed by atoms with E-state index in [4.69, 9.17) is 21.1 Å². The van der Waals surface area contributed by atoms with Crippen LogP contribution in [0, 0.1) is 6.92 Å². The average molecular weight is 345 g/mol. The zero-order chi connectivity index (χ0) is 16.4. The zero-order valence-corrected chi connectivity index (χ0v) is 14.8. The van der Waals surface area contributed by atoms with Gasteiger partial charge in [0.15, 0.2) is 0 Å². The van der Waals surface area contributed by atoms with Crippen LogP contribution in [0.2, 0.25) is 5.02 Å². The molecule has 0 unspecified atom stereocenters. The number of ether oxygens (including phenoxy) is 2. The summed E-state index contributed by atoms with van der Waals surface area (Å²) in [6.45, 7) is 2.09. The topological polar surface area (TPSA) is 18.5 Å². The SMILES string of the molecule is COc1ccc(-c2ccc(-c3ccc(OC)cc3Cl)s2)c(C)c1. The molecule has 0 spiro atoms. The minimum absolute atomic E-state index is 0.698. The molecular formula is C19H17ClO2S. The Labute approximate surface area is 145 Å². The first-order valence-corrected chi connectivity index (χ1v) is 8.40. The molecule has 0 fully saturated rings. The van der Waals surface area contributed by atoms with Gasteiger partial charge in [0.2, 0.25) is 0 Å². The third kappa shape index (κ3) is 3.21. The van der Waals surface area contributed by atoms with Crippen molar-refractivity contribution in [2.45, 2.75) is 6.92 Å². The van der Waals surface area contributed by atoms with Crippen molar-refractivity contribution in [2.75, 3.05) is 14.2 Å². The zero-order valence-electron chi connectivity index (χ0n) is 13.2. The summed E-state index contributed by atoms with van der Waals surface area (Å²) in [5.74, 6) is 1.64. The number of hydrogen-bond donors (Lipinski definition) is 0. The maximum absolute atomic E-state index is 6.38. The lowest BCUT2D eigenvalue weighted by atomic mass is 10.1. The van der Waals surface area contributed by atoms with Crippen LogP contribution in [0.15, 0.2) is 48.5 Å². The second kappa shape index (κ2) is 6.65. The van der Waals surface area contributed by atoms with Gasteiger partial charge in [0.05, 0.1) is 19.2 Å². The van der Waals surface area contributed by atoms with E-state index in [-0.39, 0.29) is 0 Å². The van der Waals surface area contributed by atoms with Crippen molar-refractivity contribution in [3.63, 3.8) is 0 Å². The van der Waals surface area contributed by atoms with E-state index in [0.29, 0.717) is 5.02 Å². The molecule has 0 bridgehead atoms. The molecule has 0 saturated heterocycles. The van der Waals surface area contributed by atoms with Crippen molar-refractivity contribution in [3.05, 3.63) is 59.1 Å². The summed E-state index contributed by atoms with van der Waals surface area (Å²) in [7, 11) is 3.32. The minimum Gasteiger partial charge on any atom is -0.497 e. The van der Waals surface area contributed by atoms with Crippen LogP contribution in [0.3, 0.4) is 0 Å². The van der Waals surface area contributed by atoms with Gasteiger partial charge in [0.25, 0.3) is 0 Å². The van der Waals surface area contributed by atoms with E-state index < -0.39 is 0 Å². The fourth-order valence-electron chi connectivity index (χ4n) is 2.49. The molecule has 0 atom stereocenters. The first kappa shape index (κ1) is 15.9. The smallest absolute Gasteiger partial charge is 0.120 e. The number of rotatable bonds is 4. The van der Waals surface area contributed by atoms with Crippen molar-refractivity contribution in [3.8, 4) is 32.4 Å². The molecule has 0 saturated carbocycles. The molecule has 1 aromatic heterocycles. The van der Waals surface area contributed by atoms with E-state index in [1.54, 1.807) is 25.6 Å². The lowest BCUT2D eigenvalue weighted by Gasteiger charge is -2.06. The molecule has 1 heterocycles. The summed E-state index contributed by atoms with van der Waals surface area (Å²) in [4.78, 5) is 2.36. The van der Waals surface area contributed by atoms with Gasteiger partial charge in [0.1, 0.15) is 11.5 Å². The van der Waals surface area contributed by atoms with E-state index in [1.807, 2.05) is 24.3 Å². The highest BCUT2D eigenvalue weighted by molar-refractivity contribution is 7.18. The average Bonchev–Trinajstić information content (AvgIpc) is 3.03. The molecule has 0 aliphatic rings. The highest BCUT2D eigenvalue weighted by atomic mass is 35.5. The van der Waals surface area contributed by atoms with Crippen LogP contribution < -0.4 is 9.47 Å². The Bertz CT molecular complexity index is 771. The second-order valence-electron chi connectivity index (χ2n) is 5.19. The lowest BCUT2D eigenvalue weighted by Crippen LogP contribution is -1.85. The van der Waals surface area contributed by atoms with E-state index in [2.05, 4.69) is 31.2 Å². The monoisotopic (exact) mass is 344 g/mol. The molecule has 3 aromatic rings. The van der Waals surface area contributed by atoms with Gasteiger partial charge in [-0.15, -0.1) is 11.3 Å². The number of halogens is 1. The normalized spacial score (nSPS) is 10.6. The maximum Gasteiger partial charge on any atom is 0.120 e. The predicted octanol–water partition coefficient (Wildman–Crippen LogP) is 6.06. The van der Waals surface area contributed by atoms with Gasteiger partial charge >= 0.3 is 0 Å². The summed E-state index contributed by atoms with van der Waals surface area (Å²) >= 11 is 8.11. The predicted molar refractivity (Wildman–Crippen MR) is 98.0 cm³/mol. The fourth-order valence-corrected chi connectivity index (χ4v) is 3.95. The van der Waals surface area contributed by atoms with Crippen LogP contribution in [0.5, 0.6) is 11.5 Å². The highest BCUT2D eigenvalue weighted by Gasteiger charge is 2.11. The molecule has 4 heteroatoms. The minimum atomic E-state index is 0.698. The summed E-state index contributed by atoms with van der Waals surface area (Å²) < 4.78 is 10.5. The Morgan fingerprint density at radius 2 is 1.35 bits per heavy atom. The molecule has 118 valence electrons. The molecule has 2 aromatic carbocycles. The standard InChI is InChI=1S/C19H17ClO2S/c1-12-10-13(21-2)4-6-15(12)18-8-9-19(23-18)16-7-5-14(22-3)11-17(16)20/h4-11H,1-3H3. The molecular weight excluding hydrogens is 328 g/mol. The Balaban J connectivity index is 1.97. The number of benzene rings is 2. The van der Waals surface area contributed by atoms with Crippen LogP contribution in [0.1, 0.15) is 5.56 Å². The summed E-state index contributed by atoms with van der Waals surface area (Å²) in [6.07, 6.45) is 0. The Morgan fingerprint density at radius 1 is 0.783 bits per heavy atom. The third-order valence-corrected chi connectivity index (χ3v) is 5.21. The van der Waals surface area contributed by atoms with Crippen molar-refractivity contribution in [2.24, 2.45) is 0 Å². The number of aryl methyl sites for hydroxylation is 1. The van der Waals surface area contributed by atoms with Gasteiger partial charge < -0.3 is 9.47 Å². The molecule has 3 rings (SSSR count). The van der Waals surface area contributed by atoms with E-state index >= 15 is 0 Å². The fraction of sp³-hybridized carbons (Fsp3) is 0.158. The second-order valence-corrected chi connectivity index (χ2v) is 6.68. The van der Waals surface area contributed by atoms with E-state index in [1.165, 1.54) is 16.0 Å². The first-order chi connectivity index (χ1) is 11.1. The Kier molecular flexibility index (Phi) is 4.60. The van der Waals surface area contributed by atoms with Gasteiger partial charge in [-0.2, -0.15) is 0 Å². The summed E-state index contributed by atoms with van der Waals surface area (Å²) in [5.41, 5.74) is 3.43. The van der Waals surface area contributed by atoms with Crippen molar-refractivity contribution in [1.29, 1.82) is 0 Å². The van der Waals surface area contributed by atoms with Gasteiger partial charge in [-0.3, -0.25) is 0 Å². The number of hydrogen-bond acceptors (Lipinski definition) is 3. The Hall–Kier alpha value is -1.97. The molecule has 0 N–H and O–H groups in total. The van der Waals surface area contributed by atoms with Crippen molar-refractivity contribution < 1.29 is 9.47 Å².